The number of halogens is 2. The highest BCUT2D eigenvalue weighted by Crippen LogP contribution is 2.25. The van der Waals surface area contributed by atoms with Crippen molar-refractivity contribution in [3.8, 4) is 0 Å². The topological polar surface area (TPSA) is 61.4 Å². The van der Waals surface area contributed by atoms with Crippen molar-refractivity contribution in [1.82, 2.24) is 15.3 Å². The van der Waals surface area contributed by atoms with Crippen LogP contribution >= 0.6 is 23.4 Å². The fraction of sp³-hybridized carbons (Fsp3) is 0.450. The molecule has 0 atom stereocenters. The van der Waals surface area contributed by atoms with Crippen molar-refractivity contribution in [2.24, 2.45) is 5.92 Å². The molecule has 1 aliphatic heterocycles. The first-order valence-electron chi connectivity index (χ1n) is 9.61. The number of aromatic nitrogens is 2. The van der Waals surface area contributed by atoms with Crippen LogP contribution in [-0.2, 0) is 4.79 Å². The number of para-hydroxylation sites is 1. The van der Waals surface area contributed by atoms with Crippen LogP contribution < -0.4 is 15.1 Å². The molecule has 0 saturated carbocycles. The summed E-state index contributed by atoms with van der Waals surface area (Å²) in [4.78, 5) is 24.8. The van der Waals surface area contributed by atoms with Crippen molar-refractivity contribution >= 4 is 40.8 Å². The van der Waals surface area contributed by atoms with Gasteiger partial charge in [-0.1, -0.05) is 49.3 Å². The molecule has 6 nitrogen and oxygen atoms in total. The minimum atomic E-state index is -0.208. The fourth-order valence-electron chi connectivity index (χ4n) is 3.00. The van der Waals surface area contributed by atoms with Crippen molar-refractivity contribution < 1.29 is 9.18 Å². The summed E-state index contributed by atoms with van der Waals surface area (Å²) in [5, 5.41) is 3.69. The van der Waals surface area contributed by atoms with Crippen molar-refractivity contribution in [3.05, 3.63) is 41.3 Å². The van der Waals surface area contributed by atoms with E-state index in [1.807, 2.05) is 24.8 Å². The number of carbonyl (C=O) groups is 1. The largest absolute Gasteiger partial charge is 0.366 e. The van der Waals surface area contributed by atoms with Crippen LogP contribution in [0.5, 0.6) is 0 Å². The van der Waals surface area contributed by atoms with Crippen molar-refractivity contribution in [2.45, 2.75) is 19.0 Å². The number of rotatable bonds is 7. The van der Waals surface area contributed by atoms with Crippen LogP contribution in [-0.4, -0.2) is 54.4 Å². The van der Waals surface area contributed by atoms with Crippen LogP contribution in [0.15, 0.2) is 35.5 Å². The second-order valence-corrected chi connectivity index (χ2v) is 8.57. The molecule has 0 aliphatic carbocycles. The van der Waals surface area contributed by atoms with Gasteiger partial charge in [-0.3, -0.25) is 4.79 Å². The van der Waals surface area contributed by atoms with Crippen LogP contribution in [0.1, 0.15) is 13.8 Å². The molecule has 1 amide bonds. The monoisotopic (exact) mass is 437 g/mol. The van der Waals surface area contributed by atoms with Gasteiger partial charge in [-0.2, -0.15) is 0 Å². The van der Waals surface area contributed by atoms with Crippen molar-refractivity contribution in [3.63, 3.8) is 0 Å². The summed E-state index contributed by atoms with van der Waals surface area (Å²) in [7, 11) is 0. The van der Waals surface area contributed by atoms with E-state index in [2.05, 4.69) is 20.2 Å². The Kier molecular flexibility index (Phi) is 7.55. The summed E-state index contributed by atoms with van der Waals surface area (Å²) in [6.45, 7) is 7.50. The molecule has 1 aromatic heterocycles. The first-order chi connectivity index (χ1) is 13.9. The number of amides is 1. The van der Waals surface area contributed by atoms with E-state index in [4.69, 9.17) is 11.6 Å². The summed E-state index contributed by atoms with van der Waals surface area (Å²) in [6.07, 6.45) is 0. The Bertz CT molecular complexity index is 845. The van der Waals surface area contributed by atoms with E-state index in [0.717, 1.165) is 5.82 Å². The van der Waals surface area contributed by atoms with Gasteiger partial charge in [0.05, 0.1) is 11.4 Å². The molecule has 1 fully saturated rings. The zero-order chi connectivity index (χ0) is 20.8. The molecule has 3 rings (SSSR count). The molecule has 0 radical (unpaired) electrons. The second kappa shape index (κ2) is 10.1. The fourth-order valence-corrected chi connectivity index (χ4v) is 3.91. The Balaban J connectivity index is 1.59. The van der Waals surface area contributed by atoms with Crippen LogP contribution in [0.4, 0.5) is 15.9 Å². The average molecular weight is 438 g/mol. The number of nitrogens with zero attached hydrogens (tertiary/aromatic N) is 4. The maximum Gasteiger partial charge on any atom is 0.230 e. The Morgan fingerprint density at radius 2 is 1.90 bits per heavy atom. The molecule has 0 bridgehead atoms. The normalized spacial score (nSPS) is 14.4. The number of anilines is 2. The summed E-state index contributed by atoms with van der Waals surface area (Å²) < 4.78 is 14.0. The van der Waals surface area contributed by atoms with Gasteiger partial charge >= 0.3 is 0 Å². The summed E-state index contributed by atoms with van der Waals surface area (Å²) in [5.74, 6) is 1.12. The number of hydrogen-bond donors (Lipinski definition) is 1. The third-order valence-corrected chi connectivity index (χ3v) is 5.54. The molecule has 9 heteroatoms. The number of thioether (sulfide) groups is 1. The van der Waals surface area contributed by atoms with Gasteiger partial charge in [0.1, 0.15) is 16.8 Å². The van der Waals surface area contributed by atoms with Crippen molar-refractivity contribution in [1.29, 1.82) is 0 Å². The van der Waals surface area contributed by atoms with Gasteiger partial charge in [0.2, 0.25) is 5.91 Å². The molecule has 1 aliphatic rings. The maximum atomic E-state index is 14.0. The lowest BCUT2D eigenvalue weighted by Gasteiger charge is -2.36. The van der Waals surface area contributed by atoms with E-state index >= 15 is 0 Å². The van der Waals surface area contributed by atoms with E-state index < -0.39 is 0 Å². The lowest BCUT2D eigenvalue weighted by Crippen LogP contribution is -2.47. The predicted octanol–water partition coefficient (Wildman–Crippen LogP) is 3.46. The second-order valence-electron chi connectivity index (χ2n) is 7.24. The van der Waals surface area contributed by atoms with Gasteiger partial charge in [0.25, 0.3) is 0 Å². The van der Waals surface area contributed by atoms with E-state index in [0.29, 0.717) is 54.6 Å². The van der Waals surface area contributed by atoms with Crippen LogP contribution in [0, 0.1) is 11.7 Å². The molecule has 2 aromatic rings. The summed E-state index contributed by atoms with van der Waals surface area (Å²) in [5.41, 5.74) is 0.622. The predicted molar refractivity (Wildman–Crippen MR) is 116 cm³/mol. The number of benzene rings is 1. The zero-order valence-electron chi connectivity index (χ0n) is 16.6. The number of hydrogen-bond acceptors (Lipinski definition) is 6. The Hall–Kier alpha value is -2.06. The minimum Gasteiger partial charge on any atom is -0.366 e. The number of nitrogens with one attached hydrogen (secondary N) is 1. The first kappa shape index (κ1) is 21.6. The highest BCUT2D eigenvalue weighted by molar-refractivity contribution is 7.99. The van der Waals surface area contributed by atoms with E-state index in [9.17, 15) is 9.18 Å². The quantitative estimate of drug-likeness (QED) is 0.406. The Labute approximate surface area is 179 Å². The molecule has 156 valence electrons. The van der Waals surface area contributed by atoms with Gasteiger partial charge in [0.15, 0.2) is 5.16 Å². The first-order valence-corrected chi connectivity index (χ1v) is 11.0. The highest BCUT2D eigenvalue weighted by Gasteiger charge is 2.21. The molecule has 1 saturated heterocycles. The van der Waals surface area contributed by atoms with E-state index in [1.54, 1.807) is 18.2 Å². The molecule has 1 aromatic carbocycles. The standard InChI is InChI=1S/C20H25ClFN5OS/c1-14(2)12-23-19(28)13-29-20-24-17(21)11-18(25-20)27-9-7-26(8-10-27)16-6-4-3-5-15(16)22/h3-6,11,14H,7-10,12-13H2,1-2H3,(H,23,28). The summed E-state index contributed by atoms with van der Waals surface area (Å²) in [6, 6.07) is 8.54. The van der Waals surface area contributed by atoms with E-state index in [-0.39, 0.29) is 17.5 Å². The van der Waals surface area contributed by atoms with Crippen LogP contribution in [0.25, 0.3) is 0 Å². The lowest BCUT2D eigenvalue weighted by molar-refractivity contribution is -0.118. The summed E-state index contributed by atoms with van der Waals surface area (Å²) >= 11 is 7.45. The third kappa shape index (κ3) is 6.21. The number of carbonyl (C=O) groups excluding carboxylic acids is 1. The average Bonchev–Trinajstić information content (AvgIpc) is 2.71. The number of piperazine rings is 1. The maximum absolute atomic E-state index is 14.0. The molecule has 2 heterocycles. The van der Waals surface area contributed by atoms with Gasteiger partial charge in [-0.25, -0.2) is 14.4 Å². The van der Waals surface area contributed by atoms with E-state index in [1.165, 1.54) is 17.8 Å². The Morgan fingerprint density at radius 3 is 2.59 bits per heavy atom. The van der Waals surface area contributed by atoms with Gasteiger partial charge in [-0.15, -0.1) is 0 Å². The van der Waals surface area contributed by atoms with Crippen molar-refractivity contribution in [2.75, 3.05) is 48.3 Å². The van der Waals surface area contributed by atoms with Crippen LogP contribution in [0.3, 0.4) is 0 Å². The lowest BCUT2D eigenvalue weighted by atomic mass is 10.2. The van der Waals surface area contributed by atoms with Gasteiger partial charge < -0.3 is 15.1 Å². The molecule has 29 heavy (non-hydrogen) atoms. The third-order valence-electron chi connectivity index (χ3n) is 4.50. The minimum absolute atomic E-state index is 0.0488. The molecular formula is C20H25ClFN5OS. The zero-order valence-corrected chi connectivity index (χ0v) is 18.1. The molecular weight excluding hydrogens is 413 g/mol. The molecule has 1 N–H and O–H groups in total. The smallest absolute Gasteiger partial charge is 0.230 e. The Morgan fingerprint density at radius 1 is 1.21 bits per heavy atom. The highest BCUT2D eigenvalue weighted by atomic mass is 35.5. The molecule has 0 spiro atoms. The van der Waals surface area contributed by atoms with Crippen LogP contribution in [0.2, 0.25) is 5.15 Å². The van der Waals surface area contributed by atoms with Gasteiger partial charge in [-0.05, 0) is 18.1 Å². The SMILES string of the molecule is CC(C)CNC(=O)CSc1nc(Cl)cc(N2CCN(c3ccccc3F)CC2)n1. The van der Waals surface area contributed by atoms with Gasteiger partial charge in [0, 0.05) is 38.8 Å². The molecule has 0 unspecified atom stereocenters.